The minimum absolute atomic E-state index is 0.00638. The molecule has 0 unspecified atom stereocenters. The van der Waals surface area contributed by atoms with Gasteiger partial charge in [0.25, 0.3) is 11.8 Å². The highest BCUT2D eigenvalue weighted by molar-refractivity contribution is 7.80. The first-order valence-electron chi connectivity index (χ1n) is 6.24. The van der Waals surface area contributed by atoms with Crippen LogP contribution in [0.15, 0.2) is 23.8 Å². The van der Waals surface area contributed by atoms with Crippen molar-refractivity contribution < 1.29 is 19.1 Å². The van der Waals surface area contributed by atoms with Gasteiger partial charge in [-0.3, -0.25) is 20.2 Å². The fourth-order valence-electron chi connectivity index (χ4n) is 1.82. The van der Waals surface area contributed by atoms with Crippen LogP contribution in [0.2, 0.25) is 0 Å². The fourth-order valence-corrected chi connectivity index (χ4v) is 2.01. The number of carbonyl (C=O) groups excluding carboxylic acids is 2. The Morgan fingerprint density at radius 3 is 2.43 bits per heavy atom. The van der Waals surface area contributed by atoms with E-state index in [1.165, 1.54) is 6.08 Å². The lowest BCUT2D eigenvalue weighted by Gasteiger charge is -2.16. The van der Waals surface area contributed by atoms with Crippen LogP contribution in [0.3, 0.4) is 0 Å². The van der Waals surface area contributed by atoms with Gasteiger partial charge in [0.15, 0.2) is 16.6 Å². The van der Waals surface area contributed by atoms with Crippen molar-refractivity contribution in [2.75, 3.05) is 13.7 Å². The summed E-state index contributed by atoms with van der Waals surface area (Å²) in [5.41, 5.74) is 0.628. The van der Waals surface area contributed by atoms with Crippen molar-refractivity contribution in [3.63, 3.8) is 0 Å². The van der Waals surface area contributed by atoms with Gasteiger partial charge in [-0.25, -0.2) is 0 Å². The highest BCUT2D eigenvalue weighted by atomic mass is 32.1. The summed E-state index contributed by atoms with van der Waals surface area (Å²) in [4.78, 5) is 23.5. The topological polar surface area (TPSA) is 76.7 Å². The van der Waals surface area contributed by atoms with Gasteiger partial charge in [0.2, 0.25) is 0 Å². The zero-order valence-corrected chi connectivity index (χ0v) is 12.4. The molecular weight excluding hydrogens is 292 g/mol. The Morgan fingerprint density at radius 2 is 1.86 bits per heavy atom. The Labute approximate surface area is 127 Å². The maximum atomic E-state index is 11.8. The molecule has 7 heteroatoms. The lowest BCUT2D eigenvalue weighted by molar-refractivity contribution is -0.123. The molecule has 6 nitrogen and oxygen atoms in total. The zero-order valence-electron chi connectivity index (χ0n) is 11.6. The molecule has 1 aliphatic heterocycles. The van der Waals surface area contributed by atoms with Gasteiger partial charge in [0.05, 0.1) is 13.7 Å². The van der Waals surface area contributed by atoms with Gasteiger partial charge in [-0.15, -0.1) is 0 Å². The molecule has 0 aliphatic carbocycles. The summed E-state index contributed by atoms with van der Waals surface area (Å²) >= 11 is 4.74. The number of carbonyl (C=O) groups is 2. The average Bonchev–Trinajstić information content (AvgIpc) is 2.43. The van der Waals surface area contributed by atoms with Crippen molar-refractivity contribution in [3.8, 4) is 11.5 Å². The Hall–Kier alpha value is -2.41. The molecule has 0 bridgehead atoms. The van der Waals surface area contributed by atoms with Crippen molar-refractivity contribution in [2.45, 2.75) is 6.92 Å². The number of nitrogens with one attached hydrogen (secondary N) is 2. The normalized spacial score (nSPS) is 14.4. The maximum absolute atomic E-state index is 11.8. The highest BCUT2D eigenvalue weighted by Crippen LogP contribution is 2.29. The summed E-state index contributed by atoms with van der Waals surface area (Å²) in [7, 11) is 1.54. The lowest BCUT2D eigenvalue weighted by Crippen LogP contribution is -2.51. The number of benzene rings is 1. The van der Waals surface area contributed by atoms with Gasteiger partial charge in [-0.1, -0.05) is 6.07 Å². The molecule has 1 fully saturated rings. The lowest BCUT2D eigenvalue weighted by atomic mass is 10.1. The van der Waals surface area contributed by atoms with Crippen molar-refractivity contribution in [2.24, 2.45) is 0 Å². The second kappa shape index (κ2) is 6.36. The van der Waals surface area contributed by atoms with Gasteiger partial charge in [0, 0.05) is 0 Å². The van der Waals surface area contributed by atoms with E-state index in [0.29, 0.717) is 23.7 Å². The summed E-state index contributed by atoms with van der Waals surface area (Å²) in [6.07, 6.45) is 1.47. The predicted octanol–water partition coefficient (Wildman–Crippen LogP) is 1.01. The molecule has 2 rings (SSSR count). The molecule has 0 aromatic heterocycles. The van der Waals surface area contributed by atoms with E-state index in [2.05, 4.69) is 10.6 Å². The first-order chi connectivity index (χ1) is 10.0. The molecule has 1 aromatic rings. The standard InChI is InChI=1S/C14H14N2O4S/c1-3-20-11-7-8(4-5-10(11)19-2)6-9-12(17)15-14(21)16-13(9)18/h4-7H,3H2,1-2H3,(H2,15,16,17,18,21). The van der Waals surface area contributed by atoms with Crippen LogP contribution in [0.25, 0.3) is 6.08 Å². The van der Waals surface area contributed by atoms with Crippen LogP contribution in [-0.2, 0) is 9.59 Å². The summed E-state index contributed by atoms with van der Waals surface area (Å²) < 4.78 is 10.6. The quantitative estimate of drug-likeness (QED) is 0.493. The molecule has 1 saturated heterocycles. The summed E-state index contributed by atoms with van der Waals surface area (Å²) in [6, 6.07) is 5.13. The number of rotatable bonds is 4. The van der Waals surface area contributed by atoms with Gasteiger partial charge in [0.1, 0.15) is 5.57 Å². The first-order valence-corrected chi connectivity index (χ1v) is 6.65. The van der Waals surface area contributed by atoms with Gasteiger partial charge >= 0.3 is 0 Å². The number of hydrogen-bond donors (Lipinski definition) is 2. The van der Waals surface area contributed by atoms with E-state index in [0.717, 1.165) is 0 Å². The summed E-state index contributed by atoms with van der Waals surface area (Å²) in [6.45, 7) is 2.33. The third kappa shape index (κ3) is 3.38. The van der Waals surface area contributed by atoms with E-state index in [9.17, 15) is 9.59 Å². The molecule has 1 heterocycles. The van der Waals surface area contributed by atoms with Gasteiger partial charge in [-0.2, -0.15) is 0 Å². The van der Waals surface area contributed by atoms with Crippen LogP contribution in [-0.4, -0.2) is 30.6 Å². The van der Waals surface area contributed by atoms with Gasteiger partial charge < -0.3 is 9.47 Å². The van der Waals surface area contributed by atoms with Crippen LogP contribution in [0.1, 0.15) is 12.5 Å². The molecule has 0 spiro atoms. The molecule has 0 saturated carbocycles. The Balaban J connectivity index is 2.36. The minimum atomic E-state index is -0.530. The summed E-state index contributed by atoms with van der Waals surface area (Å²) in [5, 5.41) is 4.76. The maximum Gasteiger partial charge on any atom is 0.263 e. The van der Waals surface area contributed by atoms with Crippen molar-refractivity contribution in [1.82, 2.24) is 10.6 Å². The second-order valence-corrected chi connectivity index (χ2v) is 4.55. The van der Waals surface area contributed by atoms with E-state index >= 15 is 0 Å². The van der Waals surface area contributed by atoms with E-state index in [1.54, 1.807) is 25.3 Å². The molecule has 2 N–H and O–H groups in total. The number of amides is 2. The molecule has 2 amide bonds. The smallest absolute Gasteiger partial charge is 0.263 e. The van der Waals surface area contributed by atoms with Crippen molar-refractivity contribution in [1.29, 1.82) is 0 Å². The third-order valence-electron chi connectivity index (χ3n) is 2.74. The Bertz CT molecular complexity index is 618. The fraction of sp³-hybridized carbons (Fsp3) is 0.214. The van der Waals surface area contributed by atoms with Crippen LogP contribution in [0, 0.1) is 0 Å². The number of ether oxygens (including phenoxy) is 2. The van der Waals surface area contributed by atoms with Crippen molar-refractivity contribution in [3.05, 3.63) is 29.3 Å². The first kappa shape index (κ1) is 15.0. The molecule has 1 aliphatic rings. The average molecular weight is 306 g/mol. The minimum Gasteiger partial charge on any atom is -0.493 e. The van der Waals surface area contributed by atoms with E-state index in [-0.39, 0.29) is 10.7 Å². The molecule has 1 aromatic carbocycles. The number of thiocarbonyl (C=S) groups is 1. The highest BCUT2D eigenvalue weighted by Gasteiger charge is 2.25. The predicted molar refractivity (Wildman–Crippen MR) is 81.0 cm³/mol. The van der Waals surface area contributed by atoms with Crippen LogP contribution in [0.5, 0.6) is 11.5 Å². The van der Waals surface area contributed by atoms with E-state index in [4.69, 9.17) is 21.7 Å². The molecule has 110 valence electrons. The van der Waals surface area contributed by atoms with E-state index < -0.39 is 11.8 Å². The molecule has 21 heavy (non-hydrogen) atoms. The second-order valence-electron chi connectivity index (χ2n) is 4.14. The van der Waals surface area contributed by atoms with Crippen LogP contribution < -0.4 is 20.1 Å². The third-order valence-corrected chi connectivity index (χ3v) is 2.95. The van der Waals surface area contributed by atoms with Crippen LogP contribution in [0.4, 0.5) is 0 Å². The summed E-state index contributed by atoms with van der Waals surface area (Å²) in [5.74, 6) is 0.0641. The Morgan fingerprint density at radius 1 is 1.19 bits per heavy atom. The number of methoxy groups -OCH3 is 1. The molecule has 0 radical (unpaired) electrons. The monoisotopic (exact) mass is 306 g/mol. The number of hydrogen-bond acceptors (Lipinski definition) is 5. The van der Waals surface area contributed by atoms with Crippen LogP contribution >= 0.6 is 12.2 Å². The molecular formula is C14H14N2O4S. The molecule has 0 atom stereocenters. The van der Waals surface area contributed by atoms with Gasteiger partial charge in [-0.05, 0) is 42.9 Å². The van der Waals surface area contributed by atoms with E-state index in [1.807, 2.05) is 6.92 Å². The zero-order chi connectivity index (χ0) is 15.4. The van der Waals surface area contributed by atoms with Crippen molar-refractivity contribution >= 4 is 35.2 Å². The SMILES string of the molecule is CCOc1cc(C=C2C(=O)NC(=S)NC2=O)ccc1OC. The Kier molecular flexibility index (Phi) is 4.54. The largest absolute Gasteiger partial charge is 0.493 e.